The van der Waals surface area contributed by atoms with Gasteiger partial charge in [0.2, 0.25) is 0 Å². The topological polar surface area (TPSA) is 108 Å². The molecule has 7 rings (SSSR count). The van der Waals surface area contributed by atoms with Crippen molar-refractivity contribution in [3.05, 3.63) is 125 Å². The zero-order chi connectivity index (χ0) is 40.1. The fourth-order valence-electron chi connectivity index (χ4n) is 7.88. The number of hydrogen-bond donors (Lipinski definition) is 2. The third-order valence-corrected chi connectivity index (χ3v) is 10.9. The summed E-state index contributed by atoms with van der Waals surface area (Å²) in [6, 6.07) is 20.0. The largest absolute Gasteiger partial charge is 0.386 e. The molecule has 0 atom stereocenters. The van der Waals surface area contributed by atoms with Crippen molar-refractivity contribution in [2.45, 2.75) is 65.3 Å². The fourth-order valence-corrected chi connectivity index (χ4v) is 7.88. The van der Waals surface area contributed by atoms with Crippen molar-refractivity contribution < 1.29 is 18.7 Å². The number of aryl methyl sites for hydroxylation is 2. The number of piperazine rings is 1. The molecular formula is C45H53FN8O3. The van der Waals surface area contributed by atoms with Crippen LogP contribution in [0.15, 0.2) is 85.2 Å². The minimum absolute atomic E-state index is 0.206. The molecule has 2 amide bonds. The van der Waals surface area contributed by atoms with E-state index in [4.69, 9.17) is 9.72 Å². The summed E-state index contributed by atoms with van der Waals surface area (Å²) in [4.78, 5) is 38.5. The van der Waals surface area contributed by atoms with E-state index in [0.29, 0.717) is 49.4 Å². The second kappa shape index (κ2) is 17.7. The first-order valence-corrected chi connectivity index (χ1v) is 20.0. The number of nitrogens with zero attached hydrogens (tertiary/aromatic N) is 6. The molecule has 3 aromatic carbocycles. The zero-order valence-electron chi connectivity index (χ0n) is 33.5. The molecule has 0 unspecified atom stereocenters. The van der Waals surface area contributed by atoms with Crippen molar-refractivity contribution >= 4 is 28.5 Å². The summed E-state index contributed by atoms with van der Waals surface area (Å²) >= 11 is 0. The standard InChI is InChI=1S/C45H53FN8O3/c1-6-41-39(42(49-36-16-20-57-21-17-36)38-25-48-54(7-2)43(38)50-41)29-52(5)45(56)35-13-9-12-34(24-35)44(55)51(4)27-32-14-15-40(46)37(23-32)33-11-8-10-31(22-33)28-53-19-18-47-30(3)26-53/h8-15,22-25,36,47H,3,6-7,16-21,26-29H2,1-2,4-5H3,(H,49,50). The molecule has 0 saturated carbocycles. The smallest absolute Gasteiger partial charge is 0.253 e. The van der Waals surface area contributed by atoms with E-state index in [-0.39, 0.29) is 30.2 Å². The highest BCUT2D eigenvalue weighted by atomic mass is 19.1. The Hall–Kier alpha value is -5.59. The van der Waals surface area contributed by atoms with Gasteiger partial charge in [0.15, 0.2) is 5.65 Å². The molecule has 0 spiro atoms. The summed E-state index contributed by atoms with van der Waals surface area (Å²) in [6.45, 7) is 14.2. The minimum Gasteiger partial charge on any atom is -0.386 e. The van der Waals surface area contributed by atoms with Crippen molar-refractivity contribution in [3.63, 3.8) is 0 Å². The molecular weight excluding hydrogens is 720 g/mol. The molecule has 2 saturated heterocycles. The molecule has 5 aromatic rings. The Morgan fingerprint density at radius 2 is 1.70 bits per heavy atom. The highest BCUT2D eigenvalue weighted by Crippen LogP contribution is 2.33. The van der Waals surface area contributed by atoms with Crippen molar-refractivity contribution in [2.24, 2.45) is 0 Å². The van der Waals surface area contributed by atoms with E-state index in [2.05, 4.69) is 47.1 Å². The van der Waals surface area contributed by atoms with E-state index < -0.39 is 0 Å². The van der Waals surface area contributed by atoms with Gasteiger partial charge in [-0.15, -0.1) is 0 Å². The third-order valence-electron chi connectivity index (χ3n) is 10.9. The van der Waals surface area contributed by atoms with E-state index in [1.54, 1.807) is 54.2 Å². The Morgan fingerprint density at radius 3 is 2.42 bits per heavy atom. The number of carbonyl (C=O) groups is 2. The number of ether oxygens (including phenoxy) is 1. The Labute approximate surface area is 334 Å². The second-order valence-corrected chi connectivity index (χ2v) is 15.2. The van der Waals surface area contributed by atoms with E-state index >= 15 is 4.39 Å². The van der Waals surface area contributed by atoms with Crippen LogP contribution in [0.25, 0.3) is 22.2 Å². The monoisotopic (exact) mass is 772 g/mol. The molecule has 11 nitrogen and oxygen atoms in total. The van der Waals surface area contributed by atoms with Crippen LogP contribution >= 0.6 is 0 Å². The lowest BCUT2D eigenvalue weighted by atomic mass is 9.99. The predicted octanol–water partition coefficient (Wildman–Crippen LogP) is 6.87. The molecule has 4 heterocycles. The van der Waals surface area contributed by atoms with Crippen LogP contribution in [-0.4, -0.2) is 94.3 Å². The van der Waals surface area contributed by atoms with Gasteiger partial charge in [-0.25, -0.2) is 14.1 Å². The Balaban J connectivity index is 1.06. The number of aromatic nitrogens is 3. The number of pyridine rings is 1. The van der Waals surface area contributed by atoms with Gasteiger partial charge in [0.25, 0.3) is 11.8 Å². The van der Waals surface area contributed by atoms with Gasteiger partial charge in [-0.3, -0.25) is 14.5 Å². The molecule has 0 radical (unpaired) electrons. The first-order valence-electron chi connectivity index (χ1n) is 20.0. The first kappa shape index (κ1) is 39.6. The molecule has 2 aliphatic rings. The van der Waals surface area contributed by atoms with Gasteiger partial charge in [0.1, 0.15) is 5.82 Å². The number of halogens is 1. The van der Waals surface area contributed by atoms with E-state index in [1.807, 2.05) is 35.1 Å². The second-order valence-electron chi connectivity index (χ2n) is 15.2. The van der Waals surface area contributed by atoms with Gasteiger partial charge < -0.3 is 25.2 Å². The van der Waals surface area contributed by atoms with E-state index in [0.717, 1.165) is 89.4 Å². The molecule has 12 heteroatoms. The quantitative estimate of drug-likeness (QED) is 0.134. The lowest BCUT2D eigenvalue weighted by molar-refractivity contribution is 0.0783. The Morgan fingerprint density at radius 1 is 0.965 bits per heavy atom. The molecule has 57 heavy (non-hydrogen) atoms. The van der Waals surface area contributed by atoms with Gasteiger partial charge in [-0.1, -0.05) is 43.8 Å². The summed E-state index contributed by atoms with van der Waals surface area (Å²) < 4.78 is 22.8. The minimum atomic E-state index is -0.319. The number of hydrogen-bond acceptors (Lipinski definition) is 8. The number of fused-ring (bicyclic) bond motifs is 1. The van der Waals surface area contributed by atoms with E-state index in [1.165, 1.54) is 6.07 Å². The van der Waals surface area contributed by atoms with Gasteiger partial charge in [0, 0.05) is 113 Å². The van der Waals surface area contributed by atoms with Crippen molar-refractivity contribution in [3.8, 4) is 11.1 Å². The molecule has 0 aliphatic carbocycles. The van der Waals surface area contributed by atoms with Crippen LogP contribution in [0.4, 0.5) is 10.1 Å². The maximum absolute atomic E-state index is 15.3. The summed E-state index contributed by atoms with van der Waals surface area (Å²) in [5, 5.41) is 12.6. The lowest BCUT2D eigenvalue weighted by Crippen LogP contribution is -2.41. The number of amides is 2. The SMILES string of the molecule is C=C1CN(Cc2cccc(-c3cc(CN(C)C(=O)c4cccc(C(=O)N(C)Cc5c(CC)nc6c(cnn6CC)c5NC5CCOCC5)c4)ccc3F)c2)CCN1. The maximum Gasteiger partial charge on any atom is 0.253 e. The third kappa shape index (κ3) is 9.03. The van der Waals surface area contributed by atoms with Crippen LogP contribution < -0.4 is 10.6 Å². The summed E-state index contributed by atoms with van der Waals surface area (Å²) in [7, 11) is 3.50. The number of anilines is 1. The van der Waals surface area contributed by atoms with Crippen molar-refractivity contribution in [1.29, 1.82) is 0 Å². The Kier molecular flexibility index (Phi) is 12.3. The fraction of sp³-hybridized carbons (Fsp3) is 0.378. The van der Waals surface area contributed by atoms with Gasteiger partial charge in [-0.2, -0.15) is 5.10 Å². The Bertz CT molecular complexity index is 2260. The summed E-state index contributed by atoms with van der Waals surface area (Å²) in [6.07, 6.45) is 4.33. The van der Waals surface area contributed by atoms with Crippen LogP contribution in [0, 0.1) is 5.82 Å². The summed E-state index contributed by atoms with van der Waals surface area (Å²) in [5.74, 6) is -0.764. The molecule has 2 aromatic heterocycles. The van der Waals surface area contributed by atoms with Crippen LogP contribution in [-0.2, 0) is 37.3 Å². The van der Waals surface area contributed by atoms with Crippen molar-refractivity contribution in [1.82, 2.24) is 34.8 Å². The number of rotatable bonds is 13. The lowest BCUT2D eigenvalue weighted by Gasteiger charge is -2.29. The first-order chi connectivity index (χ1) is 27.6. The van der Waals surface area contributed by atoms with Gasteiger partial charge in [-0.05, 0) is 79.3 Å². The van der Waals surface area contributed by atoms with Crippen LogP contribution in [0.1, 0.15) is 69.8 Å². The maximum atomic E-state index is 15.3. The number of benzene rings is 3. The van der Waals surface area contributed by atoms with Crippen molar-refractivity contribution in [2.75, 3.05) is 52.3 Å². The zero-order valence-corrected chi connectivity index (χ0v) is 33.5. The molecule has 0 bridgehead atoms. The van der Waals surface area contributed by atoms with Crippen LogP contribution in [0.5, 0.6) is 0 Å². The van der Waals surface area contributed by atoms with E-state index in [9.17, 15) is 9.59 Å². The normalized spacial score (nSPS) is 15.1. The number of carbonyl (C=O) groups excluding carboxylic acids is 2. The molecule has 2 aliphatic heterocycles. The van der Waals surface area contributed by atoms with Crippen LogP contribution in [0.2, 0.25) is 0 Å². The highest BCUT2D eigenvalue weighted by Gasteiger charge is 2.25. The number of nitrogens with one attached hydrogen (secondary N) is 2. The molecule has 2 fully saturated rings. The summed E-state index contributed by atoms with van der Waals surface area (Å²) in [5.41, 5.74) is 8.65. The van der Waals surface area contributed by atoms with Crippen LogP contribution in [0.3, 0.4) is 0 Å². The molecule has 298 valence electrons. The predicted molar refractivity (Wildman–Crippen MR) is 222 cm³/mol. The molecule has 2 N–H and O–H groups in total. The average molecular weight is 773 g/mol. The van der Waals surface area contributed by atoms with Gasteiger partial charge in [0.05, 0.1) is 17.3 Å². The average Bonchev–Trinajstić information content (AvgIpc) is 3.65. The van der Waals surface area contributed by atoms with Gasteiger partial charge >= 0.3 is 0 Å². The highest BCUT2D eigenvalue weighted by molar-refractivity contribution is 6.00.